The zero-order valence-corrected chi connectivity index (χ0v) is 17.4. The van der Waals surface area contributed by atoms with Crippen LogP contribution in [-0.2, 0) is 9.84 Å². The third-order valence-electron chi connectivity index (χ3n) is 3.10. The Hall–Kier alpha value is -0.0500. The molecule has 0 amide bonds. The third-order valence-corrected chi connectivity index (χ3v) is 5.68. The van der Waals surface area contributed by atoms with Gasteiger partial charge in [0.25, 0.3) is 0 Å². The van der Waals surface area contributed by atoms with Crippen LogP contribution in [0.1, 0.15) is 47.5 Å². The summed E-state index contributed by atoms with van der Waals surface area (Å²) in [6.07, 6.45) is 2.23. The Balaban J connectivity index is 0. The van der Waals surface area contributed by atoms with Crippen LogP contribution in [0.3, 0.4) is 0 Å². The van der Waals surface area contributed by atoms with Crippen molar-refractivity contribution in [3.63, 3.8) is 0 Å². The van der Waals surface area contributed by atoms with Crippen LogP contribution >= 0.6 is 24.0 Å². The van der Waals surface area contributed by atoms with E-state index in [-0.39, 0.29) is 29.7 Å². The Morgan fingerprint density at radius 2 is 1.81 bits per heavy atom. The number of guanidine groups is 1. The lowest BCUT2D eigenvalue weighted by Crippen LogP contribution is -2.40. The zero-order valence-electron chi connectivity index (χ0n) is 14.3. The fourth-order valence-electron chi connectivity index (χ4n) is 1.55. The quantitative estimate of drug-likeness (QED) is 0.381. The van der Waals surface area contributed by atoms with Crippen LogP contribution in [0.4, 0.5) is 0 Å². The molecule has 0 aromatic heterocycles. The van der Waals surface area contributed by atoms with Crippen molar-refractivity contribution in [2.45, 2.75) is 52.2 Å². The molecule has 0 saturated heterocycles. The fraction of sp³-hybridized carbons (Fsp3) is 0.929. The van der Waals surface area contributed by atoms with E-state index in [1.807, 2.05) is 14.0 Å². The molecule has 0 unspecified atom stereocenters. The van der Waals surface area contributed by atoms with Gasteiger partial charge in [-0.3, -0.25) is 4.99 Å². The summed E-state index contributed by atoms with van der Waals surface area (Å²) in [5.74, 6) is 0.873. The van der Waals surface area contributed by atoms with Crippen LogP contribution in [-0.4, -0.2) is 56.5 Å². The number of halogens is 1. The zero-order chi connectivity index (χ0) is 15.8. The highest BCUT2D eigenvalue weighted by Crippen LogP contribution is 2.15. The molecular weight excluding hydrogens is 401 g/mol. The molecule has 1 N–H and O–H groups in total. The molecular formula is C14H32IN3O2S. The molecule has 0 aliphatic heterocycles. The molecule has 0 aliphatic rings. The molecule has 0 atom stereocenters. The molecule has 0 aromatic rings. The Labute approximate surface area is 147 Å². The lowest BCUT2D eigenvalue weighted by molar-refractivity contribution is 0.465. The Morgan fingerprint density at radius 3 is 2.24 bits per heavy atom. The standard InChI is InChI=1S/C14H31N3O2S.HI/c1-7-9-11-17(6)13(15-8-2)16-10-12-20(18,19)14(3,4)5;/h7-12H2,1-6H3,(H,15,16);1H. The monoisotopic (exact) mass is 433 g/mol. The van der Waals surface area contributed by atoms with Crippen molar-refractivity contribution >= 4 is 39.8 Å². The van der Waals surface area contributed by atoms with E-state index in [1.54, 1.807) is 20.8 Å². The molecule has 0 aliphatic carbocycles. The first-order valence-corrected chi connectivity index (χ1v) is 9.02. The number of nitrogens with one attached hydrogen (secondary N) is 1. The van der Waals surface area contributed by atoms with E-state index in [2.05, 4.69) is 22.1 Å². The van der Waals surface area contributed by atoms with Gasteiger partial charge in [0.05, 0.1) is 17.0 Å². The van der Waals surface area contributed by atoms with Gasteiger partial charge in [0.1, 0.15) is 0 Å². The van der Waals surface area contributed by atoms with Crippen molar-refractivity contribution in [1.29, 1.82) is 0 Å². The largest absolute Gasteiger partial charge is 0.357 e. The minimum atomic E-state index is -3.10. The molecule has 7 heteroatoms. The summed E-state index contributed by atoms with van der Waals surface area (Å²) in [6, 6.07) is 0. The van der Waals surface area contributed by atoms with Crippen LogP contribution < -0.4 is 5.32 Å². The molecule has 5 nitrogen and oxygen atoms in total. The highest BCUT2D eigenvalue weighted by molar-refractivity contribution is 14.0. The van der Waals surface area contributed by atoms with E-state index in [9.17, 15) is 8.42 Å². The second-order valence-electron chi connectivity index (χ2n) is 5.94. The molecule has 21 heavy (non-hydrogen) atoms. The maximum Gasteiger partial charge on any atom is 0.193 e. The summed E-state index contributed by atoms with van der Waals surface area (Å²) in [5, 5.41) is 3.20. The van der Waals surface area contributed by atoms with Gasteiger partial charge >= 0.3 is 0 Å². The van der Waals surface area contributed by atoms with Crippen LogP contribution in [0.15, 0.2) is 4.99 Å². The van der Waals surface area contributed by atoms with Crippen LogP contribution in [0.5, 0.6) is 0 Å². The lowest BCUT2D eigenvalue weighted by atomic mass is 10.3. The molecule has 0 saturated carbocycles. The van der Waals surface area contributed by atoms with Gasteiger partial charge in [0, 0.05) is 20.1 Å². The third kappa shape index (κ3) is 8.85. The van der Waals surface area contributed by atoms with Gasteiger partial charge in [-0.2, -0.15) is 0 Å². The van der Waals surface area contributed by atoms with Crippen LogP contribution in [0.2, 0.25) is 0 Å². The number of aliphatic imine (C=N–C) groups is 1. The van der Waals surface area contributed by atoms with E-state index in [1.165, 1.54) is 0 Å². The summed E-state index contributed by atoms with van der Waals surface area (Å²) in [7, 11) is -1.12. The SMILES string of the molecule is CCCCN(C)C(=NCCS(=O)(=O)C(C)(C)C)NCC.I. The number of unbranched alkanes of at least 4 members (excludes halogenated alkanes) is 1. The molecule has 0 bridgehead atoms. The topological polar surface area (TPSA) is 61.8 Å². The van der Waals surface area contributed by atoms with E-state index in [0.717, 1.165) is 31.9 Å². The minimum absolute atomic E-state index is 0. The molecule has 0 aromatic carbocycles. The van der Waals surface area contributed by atoms with Gasteiger partial charge in [-0.05, 0) is 34.1 Å². The van der Waals surface area contributed by atoms with E-state index in [4.69, 9.17) is 0 Å². The predicted octanol–water partition coefficient (Wildman–Crippen LogP) is 2.52. The molecule has 0 heterocycles. The molecule has 0 radical (unpaired) electrons. The molecule has 0 rings (SSSR count). The smallest absolute Gasteiger partial charge is 0.193 e. The maximum atomic E-state index is 12.0. The van der Waals surface area contributed by atoms with E-state index < -0.39 is 14.6 Å². The first-order chi connectivity index (χ1) is 9.15. The van der Waals surface area contributed by atoms with Crippen LogP contribution in [0.25, 0.3) is 0 Å². The molecule has 0 fully saturated rings. The van der Waals surface area contributed by atoms with Crippen molar-refractivity contribution in [3.05, 3.63) is 0 Å². The van der Waals surface area contributed by atoms with E-state index >= 15 is 0 Å². The van der Waals surface area contributed by atoms with E-state index in [0.29, 0.717) is 6.54 Å². The molecule has 128 valence electrons. The Kier molecular flexibility index (Phi) is 11.8. The van der Waals surface area contributed by atoms with Gasteiger partial charge in [-0.1, -0.05) is 13.3 Å². The molecule has 0 spiro atoms. The number of sulfone groups is 1. The maximum absolute atomic E-state index is 12.0. The summed E-state index contributed by atoms with van der Waals surface area (Å²) in [5.41, 5.74) is 0. The van der Waals surface area contributed by atoms with Gasteiger partial charge in [-0.25, -0.2) is 8.42 Å². The second kappa shape index (κ2) is 10.6. The lowest BCUT2D eigenvalue weighted by Gasteiger charge is -2.22. The summed E-state index contributed by atoms with van der Waals surface area (Å²) < 4.78 is 23.3. The normalized spacial score (nSPS) is 12.8. The summed E-state index contributed by atoms with van der Waals surface area (Å²) in [4.78, 5) is 6.47. The highest BCUT2D eigenvalue weighted by atomic mass is 127. The number of hydrogen-bond acceptors (Lipinski definition) is 3. The number of hydrogen-bond donors (Lipinski definition) is 1. The first kappa shape index (κ1) is 23.2. The van der Waals surface area contributed by atoms with Crippen molar-refractivity contribution in [3.8, 4) is 0 Å². The average molecular weight is 433 g/mol. The van der Waals surface area contributed by atoms with Crippen molar-refractivity contribution in [2.75, 3.05) is 32.4 Å². The van der Waals surface area contributed by atoms with Crippen LogP contribution in [0, 0.1) is 0 Å². The van der Waals surface area contributed by atoms with Gasteiger partial charge < -0.3 is 10.2 Å². The van der Waals surface area contributed by atoms with Gasteiger partial charge in [0.15, 0.2) is 15.8 Å². The Bertz CT molecular complexity index is 403. The minimum Gasteiger partial charge on any atom is -0.357 e. The first-order valence-electron chi connectivity index (χ1n) is 7.37. The average Bonchev–Trinajstić information content (AvgIpc) is 2.33. The summed E-state index contributed by atoms with van der Waals surface area (Å²) >= 11 is 0. The number of nitrogens with zero attached hydrogens (tertiary/aromatic N) is 2. The van der Waals surface area contributed by atoms with Gasteiger partial charge in [-0.15, -0.1) is 24.0 Å². The second-order valence-corrected chi connectivity index (χ2v) is 8.80. The van der Waals surface area contributed by atoms with Crippen molar-refractivity contribution in [2.24, 2.45) is 4.99 Å². The van der Waals surface area contributed by atoms with Gasteiger partial charge in [0.2, 0.25) is 0 Å². The predicted molar refractivity (Wildman–Crippen MR) is 102 cm³/mol. The fourth-order valence-corrected chi connectivity index (χ4v) is 2.49. The highest BCUT2D eigenvalue weighted by Gasteiger charge is 2.28. The Morgan fingerprint density at radius 1 is 1.24 bits per heavy atom. The number of rotatable bonds is 7. The van der Waals surface area contributed by atoms with Crippen molar-refractivity contribution in [1.82, 2.24) is 10.2 Å². The summed E-state index contributed by atoms with van der Waals surface area (Å²) in [6.45, 7) is 11.3. The van der Waals surface area contributed by atoms with Crippen molar-refractivity contribution < 1.29 is 8.42 Å².